The molecular weight excluding hydrogens is 336 g/mol. The third-order valence-electron chi connectivity index (χ3n) is 5.40. The van der Waals surface area contributed by atoms with Crippen molar-refractivity contribution in [3.8, 4) is 17.2 Å². The highest BCUT2D eigenvalue weighted by Gasteiger charge is 2.50. The molecule has 142 valence electrons. The Morgan fingerprint density at radius 2 is 1.73 bits per heavy atom. The Labute approximate surface area is 153 Å². The average molecular weight is 362 g/mol. The molecule has 0 radical (unpaired) electrons. The lowest BCUT2D eigenvalue weighted by Gasteiger charge is -2.45. The second-order valence-electron chi connectivity index (χ2n) is 6.75. The van der Waals surface area contributed by atoms with Crippen LogP contribution in [-0.2, 0) is 16.1 Å². The van der Waals surface area contributed by atoms with Crippen LogP contribution in [0.3, 0.4) is 0 Å². The topological polar surface area (TPSA) is 77.1 Å². The van der Waals surface area contributed by atoms with E-state index in [4.69, 9.17) is 14.2 Å². The van der Waals surface area contributed by atoms with Gasteiger partial charge in [-0.25, -0.2) is 0 Å². The van der Waals surface area contributed by atoms with Gasteiger partial charge in [-0.2, -0.15) is 0 Å². The first-order chi connectivity index (χ1) is 12.6. The van der Waals surface area contributed by atoms with Crippen molar-refractivity contribution in [1.29, 1.82) is 0 Å². The summed E-state index contributed by atoms with van der Waals surface area (Å²) in [6.45, 7) is 1.01. The second-order valence-corrected chi connectivity index (χ2v) is 6.75. The number of hydrogen-bond donors (Lipinski definition) is 1. The highest BCUT2D eigenvalue weighted by molar-refractivity contribution is 5.94. The van der Waals surface area contributed by atoms with Crippen LogP contribution in [0.5, 0.6) is 17.2 Å². The number of amides is 2. The van der Waals surface area contributed by atoms with E-state index < -0.39 is 5.54 Å². The van der Waals surface area contributed by atoms with E-state index in [2.05, 4.69) is 5.32 Å². The number of nitrogens with one attached hydrogen (secondary N) is 1. The zero-order valence-electron chi connectivity index (χ0n) is 15.6. The van der Waals surface area contributed by atoms with Crippen molar-refractivity contribution in [2.45, 2.75) is 44.2 Å². The number of likely N-dealkylation sites (tertiary alicyclic amines) is 1. The van der Waals surface area contributed by atoms with E-state index >= 15 is 0 Å². The van der Waals surface area contributed by atoms with Gasteiger partial charge in [-0.1, -0.05) is 12.8 Å². The molecule has 0 atom stereocenters. The molecule has 2 amide bonds. The molecule has 1 aromatic rings. The summed E-state index contributed by atoms with van der Waals surface area (Å²) >= 11 is 0. The molecule has 0 unspecified atom stereocenters. The molecule has 1 saturated carbocycles. The summed E-state index contributed by atoms with van der Waals surface area (Å²) in [5.74, 6) is 1.62. The lowest BCUT2D eigenvalue weighted by molar-refractivity contribution is -0.156. The van der Waals surface area contributed by atoms with E-state index in [9.17, 15) is 9.59 Å². The molecule has 3 rings (SSSR count). The second kappa shape index (κ2) is 7.43. The number of carbonyl (C=O) groups excluding carboxylic acids is 2. The smallest absolute Gasteiger partial charge is 0.246 e. The van der Waals surface area contributed by atoms with Gasteiger partial charge in [-0.3, -0.25) is 9.59 Å². The number of β-lactam (4-membered cyclic amide) rings is 1. The summed E-state index contributed by atoms with van der Waals surface area (Å²) in [4.78, 5) is 26.7. The highest BCUT2D eigenvalue weighted by atomic mass is 16.5. The van der Waals surface area contributed by atoms with Gasteiger partial charge in [0.2, 0.25) is 17.6 Å². The van der Waals surface area contributed by atoms with Crippen molar-refractivity contribution in [3.05, 3.63) is 17.7 Å². The van der Waals surface area contributed by atoms with E-state index in [1.165, 1.54) is 0 Å². The molecule has 2 aliphatic rings. The molecular formula is C19H26N2O5. The maximum Gasteiger partial charge on any atom is 0.246 e. The third kappa shape index (κ3) is 3.06. The predicted molar refractivity (Wildman–Crippen MR) is 95.5 cm³/mol. The van der Waals surface area contributed by atoms with Crippen LogP contribution in [0, 0.1) is 0 Å². The van der Waals surface area contributed by atoms with Crippen molar-refractivity contribution in [1.82, 2.24) is 10.2 Å². The third-order valence-corrected chi connectivity index (χ3v) is 5.40. The average Bonchev–Trinajstić information content (AvgIpc) is 3.13. The molecule has 0 spiro atoms. The Bertz CT molecular complexity index is 672. The number of ether oxygens (including phenoxy) is 3. The van der Waals surface area contributed by atoms with Gasteiger partial charge >= 0.3 is 0 Å². The monoisotopic (exact) mass is 362 g/mol. The normalized spacial score (nSPS) is 18.3. The van der Waals surface area contributed by atoms with E-state index in [1.54, 1.807) is 26.2 Å². The molecule has 1 heterocycles. The molecule has 1 N–H and O–H groups in total. The van der Waals surface area contributed by atoms with Crippen molar-refractivity contribution in [3.63, 3.8) is 0 Å². The van der Waals surface area contributed by atoms with Gasteiger partial charge in [0.05, 0.1) is 21.3 Å². The first kappa shape index (κ1) is 18.4. The number of benzene rings is 1. The fraction of sp³-hybridized carbons (Fsp3) is 0.579. The highest BCUT2D eigenvalue weighted by Crippen LogP contribution is 2.40. The lowest BCUT2D eigenvalue weighted by Crippen LogP contribution is -2.64. The summed E-state index contributed by atoms with van der Waals surface area (Å²) in [6, 6.07) is 3.63. The van der Waals surface area contributed by atoms with Crippen LogP contribution in [0.4, 0.5) is 0 Å². The maximum atomic E-state index is 13.0. The largest absolute Gasteiger partial charge is 0.493 e. The van der Waals surface area contributed by atoms with Crippen molar-refractivity contribution >= 4 is 11.8 Å². The molecule has 26 heavy (non-hydrogen) atoms. The number of carbonyl (C=O) groups is 2. The first-order valence-electron chi connectivity index (χ1n) is 8.93. The summed E-state index contributed by atoms with van der Waals surface area (Å²) in [5.41, 5.74) is 0.173. The van der Waals surface area contributed by atoms with E-state index in [1.807, 2.05) is 12.1 Å². The van der Waals surface area contributed by atoms with Crippen molar-refractivity contribution in [2.75, 3.05) is 27.9 Å². The van der Waals surface area contributed by atoms with E-state index in [-0.39, 0.29) is 11.8 Å². The number of rotatable bonds is 7. The molecule has 7 heteroatoms. The van der Waals surface area contributed by atoms with Gasteiger partial charge in [0.25, 0.3) is 0 Å². The fourth-order valence-corrected chi connectivity index (χ4v) is 3.93. The fourth-order valence-electron chi connectivity index (χ4n) is 3.93. The zero-order chi connectivity index (χ0) is 18.7. The lowest BCUT2D eigenvalue weighted by atomic mass is 9.90. The standard InChI is InChI=1S/C19H26N2O5/c1-24-14-10-13(11-15(25-2)17(14)26-3)12-20-18(23)19(7-4-5-8-19)21-9-6-16(21)22/h10-11H,4-9,12H2,1-3H3,(H,20,23). The van der Waals surface area contributed by atoms with Crippen molar-refractivity contribution < 1.29 is 23.8 Å². The van der Waals surface area contributed by atoms with Crippen LogP contribution >= 0.6 is 0 Å². The van der Waals surface area contributed by atoms with Gasteiger partial charge in [0.15, 0.2) is 11.5 Å². The van der Waals surface area contributed by atoms with E-state index in [0.29, 0.717) is 36.8 Å². The molecule has 7 nitrogen and oxygen atoms in total. The minimum Gasteiger partial charge on any atom is -0.493 e. The van der Waals surface area contributed by atoms with E-state index in [0.717, 1.165) is 31.2 Å². The van der Waals surface area contributed by atoms with Crippen LogP contribution in [0.2, 0.25) is 0 Å². The Hall–Kier alpha value is -2.44. The summed E-state index contributed by atoms with van der Waals surface area (Å²) in [6.07, 6.45) is 3.96. The first-order valence-corrected chi connectivity index (χ1v) is 8.93. The molecule has 2 fully saturated rings. The SMILES string of the molecule is COc1cc(CNC(=O)C2(N3CCC3=O)CCCC2)cc(OC)c1OC. The van der Waals surface area contributed by atoms with Gasteiger partial charge in [0.1, 0.15) is 5.54 Å². The number of nitrogens with zero attached hydrogens (tertiary/aromatic N) is 1. The Morgan fingerprint density at radius 3 is 2.15 bits per heavy atom. The Morgan fingerprint density at radius 1 is 1.12 bits per heavy atom. The van der Waals surface area contributed by atoms with Crippen molar-refractivity contribution in [2.24, 2.45) is 0 Å². The van der Waals surface area contributed by atoms with Crippen LogP contribution in [0.15, 0.2) is 12.1 Å². The summed E-state index contributed by atoms with van der Waals surface area (Å²) < 4.78 is 16.0. The minimum atomic E-state index is -0.671. The van der Waals surface area contributed by atoms with Gasteiger partial charge in [-0.15, -0.1) is 0 Å². The van der Waals surface area contributed by atoms with Crippen LogP contribution in [0.1, 0.15) is 37.7 Å². The molecule has 0 aromatic heterocycles. The number of hydrogen-bond acceptors (Lipinski definition) is 5. The van der Waals surface area contributed by atoms with Gasteiger partial charge in [-0.05, 0) is 30.5 Å². The van der Waals surface area contributed by atoms with Gasteiger partial charge < -0.3 is 24.4 Å². The van der Waals surface area contributed by atoms with Crippen LogP contribution in [0.25, 0.3) is 0 Å². The molecule has 1 saturated heterocycles. The predicted octanol–water partition coefficient (Wildman–Crippen LogP) is 1.87. The Balaban J connectivity index is 1.75. The molecule has 1 aliphatic heterocycles. The maximum absolute atomic E-state index is 13.0. The van der Waals surface area contributed by atoms with Crippen LogP contribution in [-0.4, -0.2) is 50.1 Å². The molecule has 1 aromatic carbocycles. The number of methoxy groups -OCH3 is 3. The summed E-state index contributed by atoms with van der Waals surface area (Å²) in [7, 11) is 4.67. The molecule has 1 aliphatic carbocycles. The zero-order valence-corrected chi connectivity index (χ0v) is 15.6. The summed E-state index contributed by atoms with van der Waals surface area (Å²) in [5, 5.41) is 3.01. The molecule has 0 bridgehead atoms. The Kier molecular flexibility index (Phi) is 5.25. The van der Waals surface area contributed by atoms with Crippen LogP contribution < -0.4 is 19.5 Å². The minimum absolute atomic E-state index is 0.0724. The quantitative estimate of drug-likeness (QED) is 0.750. The van der Waals surface area contributed by atoms with Gasteiger partial charge in [0, 0.05) is 19.5 Å².